The van der Waals surface area contributed by atoms with Crippen molar-refractivity contribution >= 4 is 6.09 Å². The summed E-state index contributed by atoms with van der Waals surface area (Å²) in [6.07, 6.45) is -0.356. The number of amides is 1. The Hall–Kier alpha value is -2.16. The van der Waals surface area contributed by atoms with Crippen LogP contribution in [0.2, 0.25) is 0 Å². The van der Waals surface area contributed by atoms with Gasteiger partial charge in [-0.05, 0) is 44.9 Å². The summed E-state index contributed by atoms with van der Waals surface area (Å²) in [6.45, 7) is 9.38. The van der Waals surface area contributed by atoms with Crippen LogP contribution in [0.4, 0.5) is 13.6 Å². The fraction of sp³-hybridized carbons (Fsp3) is 0.500. The Labute approximate surface area is 130 Å². The van der Waals surface area contributed by atoms with Crippen LogP contribution < -0.4 is 5.32 Å². The van der Waals surface area contributed by atoms with Crippen molar-refractivity contribution in [1.29, 1.82) is 5.26 Å². The van der Waals surface area contributed by atoms with E-state index in [1.807, 2.05) is 13.8 Å². The molecule has 0 aromatic heterocycles. The second kappa shape index (κ2) is 8.98. The maximum absolute atomic E-state index is 13.3. The van der Waals surface area contributed by atoms with Crippen molar-refractivity contribution in [2.45, 2.75) is 46.6 Å². The van der Waals surface area contributed by atoms with Gasteiger partial charge >= 0.3 is 6.09 Å². The molecule has 4 nitrogen and oxygen atoms in total. The van der Waals surface area contributed by atoms with Gasteiger partial charge < -0.3 is 10.1 Å². The predicted molar refractivity (Wildman–Crippen MR) is 80.4 cm³/mol. The fourth-order valence-corrected chi connectivity index (χ4v) is 1.50. The third-order valence-corrected chi connectivity index (χ3v) is 2.30. The fourth-order valence-electron chi connectivity index (χ4n) is 1.50. The number of ether oxygens (including phenoxy) is 1. The Morgan fingerprint density at radius 1 is 1.27 bits per heavy atom. The average Bonchev–Trinajstić information content (AvgIpc) is 2.38. The molecule has 0 heterocycles. The van der Waals surface area contributed by atoms with E-state index in [1.54, 1.807) is 20.8 Å². The standard InChI is InChI=1S/C14H16F2N2O2.C2H6/c1-14(2,3)20-13(19)18-5-4-9-6-11(15)10(8-17)12(16)7-9;1-2/h6-7H,4-5H2,1-3H3,(H,18,19);1-2H3. The van der Waals surface area contributed by atoms with Crippen molar-refractivity contribution in [2.24, 2.45) is 0 Å². The van der Waals surface area contributed by atoms with Crippen LogP contribution in [0.5, 0.6) is 0 Å². The Kier molecular flexibility index (Phi) is 8.10. The number of carbonyl (C=O) groups excluding carboxylic acids is 1. The summed E-state index contributed by atoms with van der Waals surface area (Å²) in [4.78, 5) is 11.4. The van der Waals surface area contributed by atoms with Crippen LogP contribution in [0.3, 0.4) is 0 Å². The summed E-state index contributed by atoms with van der Waals surface area (Å²) in [6, 6.07) is 3.61. The number of hydrogen-bond donors (Lipinski definition) is 1. The molecule has 1 aromatic rings. The lowest BCUT2D eigenvalue weighted by atomic mass is 10.1. The van der Waals surface area contributed by atoms with E-state index in [9.17, 15) is 13.6 Å². The monoisotopic (exact) mass is 312 g/mol. The molecule has 0 saturated heterocycles. The van der Waals surface area contributed by atoms with Crippen LogP contribution >= 0.6 is 0 Å². The van der Waals surface area contributed by atoms with Crippen LogP contribution in [0.1, 0.15) is 45.7 Å². The molecule has 1 rings (SSSR count). The zero-order valence-electron chi connectivity index (χ0n) is 13.6. The third-order valence-electron chi connectivity index (χ3n) is 2.30. The SMILES string of the molecule is CC.CC(C)(C)OC(=O)NCCc1cc(F)c(C#N)c(F)c1. The highest BCUT2D eigenvalue weighted by atomic mass is 19.1. The minimum absolute atomic E-state index is 0.180. The molecule has 1 amide bonds. The Bertz CT molecular complexity index is 523. The van der Waals surface area contributed by atoms with E-state index in [0.29, 0.717) is 5.56 Å². The lowest BCUT2D eigenvalue weighted by Crippen LogP contribution is -2.33. The molecule has 0 radical (unpaired) electrons. The van der Waals surface area contributed by atoms with Crippen LogP contribution in [0.15, 0.2) is 12.1 Å². The van der Waals surface area contributed by atoms with Crippen molar-refractivity contribution in [3.8, 4) is 6.07 Å². The van der Waals surface area contributed by atoms with Gasteiger partial charge in [-0.25, -0.2) is 13.6 Å². The van der Waals surface area contributed by atoms with Gasteiger partial charge in [-0.15, -0.1) is 0 Å². The second-order valence-electron chi connectivity index (χ2n) is 5.22. The minimum Gasteiger partial charge on any atom is -0.444 e. The number of nitrogens with zero attached hydrogens (tertiary/aromatic N) is 1. The highest BCUT2D eigenvalue weighted by Gasteiger charge is 2.16. The molecule has 1 N–H and O–H groups in total. The number of nitrogens with one attached hydrogen (secondary N) is 1. The molecule has 0 aliphatic carbocycles. The average molecular weight is 312 g/mol. The molecule has 0 unspecified atom stereocenters. The van der Waals surface area contributed by atoms with Crippen LogP contribution in [0.25, 0.3) is 0 Å². The predicted octanol–water partition coefficient (Wildman–Crippen LogP) is 3.93. The molecule has 0 saturated carbocycles. The second-order valence-corrected chi connectivity index (χ2v) is 5.22. The lowest BCUT2D eigenvalue weighted by molar-refractivity contribution is 0.0528. The van der Waals surface area contributed by atoms with Gasteiger partial charge in [0.25, 0.3) is 0 Å². The van der Waals surface area contributed by atoms with Gasteiger partial charge in [0.15, 0.2) is 0 Å². The number of benzene rings is 1. The van der Waals surface area contributed by atoms with E-state index < -0.39 is 28.9 Å². The van der Waals surface area contributed by atoms with E-state index in [2.05, 4.69) is 5.32 Å². The largest absolute Gasteiger partial charge is 0.444 e. The first-order valence-corrected chi connectivity index (χ1v) is 7.08. The molecule has 0 spiro atoms. The first-order chi connectivity index (χ1) is 10.2. The Morgan fingerprint density at radius 2 is 1.77 bits per heavy atom. The van der Waals surface area contributed by atoms with E-state index in [-0.39, 0.29) is 13.0 Å². The Balaban J connectivity index is 0.00000211. The first kappa shape index (κ1) is 19.8. The van der Waals surface area contributed by atoms with Gasteiger partial charge in [-0.3, -0.25) is 0 Å². The Morgan fingerprint density at radius 3 is 2.18 bits per heavy atom. The quantitative estimate of drug-likeness (QED) is 0.920. The van der Waals surface area contributed by atoms with Crippen molar-refractivity contribution < 1.29 is 18.3 Å². The number of alkyl carbamates (subject to hydrolysis) is 1. The van der Waals surface area contributed by atoms with E-state index in [0.717, 1.165) is 12.1 Å². The van der Waals surface area contributed by atoms with Gasteiger partial charge in [0.05, 0.1) is 0 Å². The molecule has 122 valence electrons. The van der Waals surface area contributed by atoms with Crippen molar-refractivity contribution in [1.82, 2.24) is 5.32 Å². The lowest BCUT2D eigenvalue weighted by Gasteiger charge is -2.19. The van der Waals surface area contributed by atoms with Crippen LogP contribution in [-0.4, -0.2) is 18.2 Å². The maximum Gasteiger partial charge on any atom is 0.407 e. The number of rotatable bonds is 3. The van der Waals surface area contributed by atoms with Gasteiger partial charge in [0.2, 0.25) is 0 Å². The molecular weight excluding hydrogens is 290 g/mol. The number of nitriles is 1. The molecule has 1 aromatic carbocycles. The maximum atomic E-state index is 13.3. The highest BCUT2D eigenvalue weighted by molar-refractivity contribution is 5.67. The number of halogens is 2. The molecule has 22 heavy (non-hydrogen) atoms. The molecule has 0 atom stereocenters. The summed E-state index contributed by atoms with van der Waals surface area (Å²) in [5.41, 5.74) is -0.847. The third kappa shape index (κ3) is 7.02. The molecule has 6 heteroatoms. The van der Waals surface area contributed by atoms with E-state index in [1.165, 1.54) is 6.07 Å². The summed E-state index contributed by atoms with van der Waals surface area (Å²) in [7, 11) is 0. The zero-order chi connectivity index (χ0) is 17.3. The minimum atomic E-state index is -0.903. The topological polar surface area (TPSA) is 62.1 Å². The number of carbonyl (C=O) groups is 1. The molecule has 0 aliphatic heterocycles. The number of hydrogen-bond acceptors (Lipinski definition) is 3. The van der Waals surface area contributed by atoms with Crippen molar-refractivity contribution in [3.63, 3.8) is 0 Å². The first-order valence-electron chi connectivity index (χ1n) is 7.08. The molecular formula is C16H22F2N2O2. The molecule has 0 fully saturated rings. The zero-order valence-corrected chi connectivity index (χ0v) is 13.6. The van der Waals surface area contributed by atoms with Gasteiger partial charge in [0, 0.05) is 6.54 Å². The van der Waals surface area contributed by atoms with Crippen molar-refractivity contribution in [3.05, 3.63) is 34.9 Å². The normalized spacial score (nSPS) is 10.1. The summed E-state index contributed by atoms with van der Waals surface area (Å²) in [5.74, 6) is -1.81. The van der Waals surface area contributed by atoms with E-state index >= 15 is 0 Å². The smallest absolute Gasteiger partial charge is 0.407 e. The summed E-state index contributed by atoms with van der Waals surface area (Å²) < 4.78 is 31.7. The molecule has 0 aliphatic rings. The highest BCUT2D eigenvalue weighted by Crippen LogP contribution is 2.14. The molecule has 0 bridgehead atoms. The van der Waals surface area contributed by atoms with E-state index in [4.69, 9.17) is 10.00 Å². The summed E-state index contributed by atoms with van der Waals surface area (Å²) >= 11 is 0. The van der Waals surface area contributed by atoms with Gasteiger partial charge in [0.1, 0.15) is 28.9 Å². The van der Waals surface area contributed by atoms with Crippen LogP contribution in [-0.2, 0) is 11.2 Å². The summed E-state index contributed by atoms with van der Waals surface area (Å²) in [5, 5.41) is 11.0. The van der Waals surface area contributed by atoms with Gasteiger partial charge in [-0.2, -0.15) is 5.26 Å². The van der Waals surface area contributed by atoms with Gasteiger partial charge in [-0.1, -0.05) is 13.8 Å². The van der Waals surface area contributed by atoms with Crippen molar-refractivity contribution in [2.75, 3.05) is 6.54 Å². The van der Waals surface area contributed by atoms with Crippen LogP contribution in [0, 0.1) is 23.0 Å².